The number of rotatable bonds is 2. The number of benzene rings is 1. The Kier molecular flexibility index (Phi) is 3.63. The van der Waals surface area contributed by atoms with Gasteiger partial charge in [0, 0.05) is 10.7 Å². The summed E-state index contributed by atoms with van der Waals surface area (Å²) in [5.41, 5.74) is 0.138. The van der Waals surface area contributed by atoms with Crippen LogP contribution >= 0.6 is 31.9 Å². The van der Waals surface area contributed by atoms with Crippen molar-refractivity contribution in [3.63, 3.8) is 0 Å². The Morgan fingerprint density at radius 2 is 2.00 bits per heavy atom. The summed E-state index contributed by atoms with van der Waals surface area (Å²) >= 11 is 6.46. The Hall–Kier alpha value is -1.14. The van der Waals surface area contributed by atoms with Crippen LogP contribution in [0.5, 0.6) is 0 Å². The van der Waals surface area contributed by atoms with E-state index in [2.05, 4.69) is 36.8 Å². The van der Waals surface area contributed by atoms with Gasteiger partial charge < -0.3 is 0 Å². The number of nitrogens with zero attached hydrogens (tertiary/aromatic N) is 1. The minimum atomic E-state index is -0.418. The van der Waals surface area contributed by atoms with Crippen LogP contribution in [0.15, 0.2) is 49.0 Å². The third kappa shape index (κ3) is 2.95. The zero-order valence-corrected chi connectivity index (χ0v) is 11.8. The smallest absolute Gasteiger partial charge is 0.295 e. The lowest BCUT2D eigenvalue weighted by atomic mass is 10.2. The molecule has 0 spiro atoms. The van der Waals surface area contributed by atoms with E-state index in [9.17, 15) is 9.59 Å². The molecule has 17 heavy (non-hydrogen) atoms. The van der Waals surface area contributed by atoms with E-state index in [1.54, 1.807) is 0 Å². The van der Waals surface area contributed by atoms with Gasteiger partial charge in [-0.1, -0.05) is 28.1 Å². The number of hydrogen-bond acceptors (Lipinski definition) is 2. The molecular formula is C11H8Br2N2O2. The second kappa shape index (κ2) is 5.01. The quantitative estimate of drug-likeness (QED) is 0.892. The van der Waals surface area contributed by atoms with Gasteiger partial charge in [0.1, 0.15) is 0 Å². The van der Waals surface area contributed by atoms with Crippen molar-refractivity contribution in [1.29, 1.82) is 0 Å². The Morgan fingerprint density at radius 3 is 2.71 bits per heavy atom. The van der Waals surface area contributed by atoms with Crippen molar-refractivity contribution in [2.45, 2.75) is 6.54 Å². The molecule has 6 heteroatoms. The van der Waals surface area contributed by atoms with Crippen LogP contribution in [0.1, 0.15) is 5.56 Å². The van der Waals surface area contributed by atoms with Crippen molar-refractivity contribution in [2.75, 3.05) is 0 Å². The van der Waals surface area contributed by atoms with Crippen molar-refractivity contribution in [1.82, 2.24) is 9.55 Å². The Bertz CT molecular complexity index is 661. The van der Waals surface area contributed by atoms with Crippen LogP contribution in [0, 0.1) is 0 Å². The van der Waals surface area contributed by atoms with Gasteiger partial charge in [-0.3, -0.25) is 14.3 Å². The van der Waals surface area contributed by atoms with Gasteiger partial charge in [-0.2, -0.15) is 0 Å². The number of H-pyrrole nitrogens is 1. The number of halogens is 2. The Labute approximate surface area is 114 Å². The number of hydrogen-bond donors (Lipinski definition) is 1. The van der Waals surface area contributed by atoms with Crippen LogP contribution in [0.4, 0.5) is 0 Å². The molecule has 4 nitrogen and oxygen atoms in total. The van der Waals surface area contributed by atoms with Crippen LogP contribution in [0.2, 0.25) is 0 Å². The van der Waals surface area contributed by atoms with E-state index in [-0.39, 0.29) is 0 Å². The molecule has 88 valence electrons. The van der Waals surface area contributed by atoms with Crippen molar-refractivity contribution in [2.24, 2.45) is 0 Å². The fraction of sp³-hybridized carbons (Fsp3) is 0.0909. The van der Waals surface area contributed by atoms with Crippen LogP contribution in [-0.2, 0) is 6.54 Å². The highest BCUT2D eigenvalue weighted by Crippen LogP contribution is 2.12. The first kappa shape index (κ1) is 12.3. The molecule has 0 fully saturated rings. The van der Waals surface area contributed by atoms with Gasteiger partial charge >= 0.3 is 5.69 Å². The fourth-order valence-electron chi connectivity index (χ4n) is 1.43. The molecule has 0 amide bonds. The minimum Gasteiger partial charge on any atom is -0.295 e. The predicted molar refractivity (Wildman–Crippen MR) is 72.3 cm³/mol. The average molecular weight is 360 g/mol. The van der Waals surface area contributed by atoms with Gasteiger partial charge in [-0.15, -0.1) is 0 Å². The standard InChI is InChI=1S/C11H8Br2N2O2/c12-8-3-1-2-7(4-8)5-15-6-9(13)10(16)14-11(15)17/h1-4,6H,5H2,(H,14,16,17). The molecule has 0 saturated heterocycles. The Balaban J connectivity index is 2.40. The van der Waals surface area contributed by atoms with Crippen LogP contribution in [-0.4, -0.2) is 9.55 Å². The third-order valence-electron chi connectivity index (χ3n) is 2.21. The topological polar surface area (TPSA) is 54.9 Å². The molecule has 1 aromatic heterocycles. The molecule has 0 saturated carbocycles. The summed E-state index contributed by atoms with van der Waals surface area (Å²) in [6, 6.07) is 7.64. The average Bonchev–Trinajstić information content (AvgIpc) is 2.26. The van der Waals surface area contributed by atoms with Gasteiger partial charge in [-0.25, -0.2) is 4.79 Å². The number of nitrogens with one attached hydrogen (secondary N) is 1. The summed E-state index contributed by atoms with van der Waals surface area (Å²) in [6.07, 6.45) is 1.49. The number of aromatic nitrogens is 2. The van der Waals surface area contributed by atoms with Crippen molar-refractivity contribution >= 4 is 31.9 Å². The molecule has 1 N–H and O–H groups in total. The van der Waals surface area contributed by atoms with E-state index in [1.165, 1.54) is 10.8 Å². The summed E-state index contributed by atoms with van der Waals surface area (Å²) in [6.45, 7) is 0.410. The van der Waals surface area contributed by atoms with Crippen molar-refractivity contribution < 1.29 is 0 Å². The minimum absolute atomic E-state index is 0.340. The molecular weight excluding hydrogens is 352 g/mol. The van der Waals surface area contributed by atoms with E-state index in [4.69, 9.17) is 0 Å². The maximum absolute atomic E-state index is 11.6. The second-order valence-electron chi connectivity index (χ2n) is 3.49. The fourth-order valence-corrected chi connectivity index (χ4v) is 2.23. The highest BCUT2D eigenvalue weighted by Gasteiger charge is 2.03. The van der Waals surface area contributed by atoms with E-state index in [0.717, 1.165) is 10.0 Å². The lowest BCUT2D eigenvalue weighted by molar-refractivity contribution is 0.715. The molecule has 2 aromatic rings. The molecule has 0 aliphatic rings. The SMILES string of the molecule is O=c1[nH]c(=O)n(Cc2cccc(Br)c2)cc1Br. The van der Waals surface area contributed by atoms with Crippen molar-refractivity contribution in [3.8, 4) is 0 Å². The van der Waals surface area contributed by atoms with Gasteiger partial charge in [0.05, 0.1) is 11.0 Å². The molecule has 0 unspecified atom stereocenters. The molecule has 0 bridgehead atoms. The monoisotopic (exact) mass is 358 g/mol. The maximum Gasteiger partial charge on any atom is 0.328 e. The largest absolute Gasteiger partial charge is 0.328 e. The lowest BCUT2D eigenvalue weighted by Gasteiger charge is -2.05. The molecule has 1 aromatic carbocycles. The van der Waals surface area contributed by atoms with E-state index < -0.39 is 11.2 Å². The first-order valence-electron chi connectivity index (χ1n) is 4.80. The van der Waals surface area contributed by atoms with Gasteiger partial charge in [0.15, 0.2) is 0 Å². The summed E-state index contributed by atoms with van der Waals surface area (Å²) in [5, 5.41) is 0. The zero-order chi connectivity index (χ0) is 12.4. The van der Waals surface area contributed by atoms with Gasteiger partial charge in [0.2, 0.25) is 0 Å². The third-order valence-corrected chi connectivity index (χ3v) is 3.27. The van der Waals surface area contributed by atoms with Gasteiger partial charge in [0.25, 0.3) is 5.56 Å². The zero-order valence-electron chi connectivity index (χ0n) is 8.61. The highest BCUT2D eigenvalue weighted by atomic mass is 79.9. The van der Waals surface area contributed by atoms with Gasteiger partial charge in [-0.05, 0) is 33.6 Å². The molecule has 2 rings (SSSR count). The molecule has 0 radical (unpaired) electrons. The first-order chi connectivity index (χ1) is 8.06. The van der Waals surface area contributed by atoms with E-state index >= 15 is 0 Å². The van der Waals surface area contributed by atoms with Crippen LogP contribution in [0.25, 0.3) is 0 Å². The summed E-state index contributed by atoms with van der Waals surface area (Å²) in [7, 11) is 0. The highest BCUT2D eigenvalue weighted by molar-refractivity contribution is 9.10. The summed E-state index contributed by atoms with van der Waals surface area (Å²) in [5.74, 6) is 0. The molecule has 1 heterocycles. The molecule has 0 atom stereocenters. The Morgan fingerprint density at radius 1 is 1.24 bits per heavy atom. The van der Waals surface area contributed by atoms with Crippen LogP contribution < -0.4 is 11.2 Å². The lowest BCUT2D eigenvalue weighted by Crippen LogP contribution is -2.30. The molecule has 0 aliphatic heterocycles. The predicted octanol–water partition coefficient (Wildman–Crippen LogP) is 2.11. The van der Waals surface area contributed by atoms with E-state index in [1.807, 2.05) is 24.3 Å². The normalized spacial score (nSPS) is 10.5. The van der Waals surface area contributed by atoms with Crippen LogP contribution in [0.3, 0.4) is 0 Å². The summed E-state index contributed by atoms with van der Waals surface area (Å²) in [4.78, 5) is 25.0. The maximum atomic E-state index is 11.6. The second-order valence-corrected chi connectivity index (χ2v) is 5.26. The number of aromatic amines is 1. The van der Waals surface area contributed by atoms with E-state index in [0.29, 0.717) is 11.0 Å². The van der Waals surface area contributed by atoms with Crippen molar-refractivity contribution in [3.05, 3.63) is 65.8 Å². The first-order valence-corrected chi connectivity index (χ1v) is 6.38. The molecule has 0 aliphatic carbocycles. The summed E-state index contributed by atoms with van der Waals surface area (Å²) < 4.78 is 2.73.